The third kappa shape index (κ3) is 3.95. The van der Waals surface area contributed by atoms with Crippen molar-refractivity contribution >= 4 is 18.3 Å². The molecule has 1 aromatic rings. The Morgan fingerprint density at radius 3 is 2.47 bits per heavy atom. The number of nitrogens with one attached hydrogen (secondary N) is 1. The second-order valence-electron chi connectivity index (χ2n) is 5.05. The Hall–Kier alpha value is -1.06. The third-order valence-electron chi connectivity index (χ3n) is 3.82. The van der Waals surface area contributed by atoms with Crippen LogP contribution in [0.15, 0.2) is 30.3 Å². The van der Waals surface area contributed by atoms with Gasteiger partial charge in [0.05, 0.1) is 0 Å². The number of carbonyl (C=O) groups excluding carboxylic acids is 1. The molecule has 1 aliphatic heterocycles. The van der Waals surface area contributed by atoms with Gasteiger partial charge in [0.25, 0.3) is 0 Å². The third-order valence-corrected chi connectivity index (χ3v) is 3.82. The number of amides is 1. The number of benzene rings is 1. The average Bonchev–Trinajstić information content (AvgIpc) is 2.34. The predicted molar refractivity (Wildman–Crippen MR) is 80.3 cm³/mol. The van der Waals surface area contributed by atoms with Crippen LogP contribution in [0.2, 0.25) is 0 Å². The van der Waals surface area contributed by atoms with Crippen molar-refractivity contribution in [3.8, 4) is 0 Å². The van der Waals surface area contributed by atoms with Crippen LogP contribution >= 0.6 is 12.4 Å². The fourth-order valence-corrected chi connectivity index (χ4v) is 2.30. The van der Waals surface area contributed by atoms with E-state index in [-0.39, 0.29) is 24.2 Å². The molecule has 1 aliphatic rings. The van der Waals surface area contributed by atoms with Crippen molar-refractivity contribution in [2.45, 2.75) is 20.4 Å². The van der Waals surface area contributed by atoms with E-state index in [0.717, 1.165) is 26.2 Å². The molecule has 0 spiro atoms. The lowest BCUT2D eigenvalue weighted by atomic mass is 9.88. The van der Waals surface area contributed by atoms with Crippen molar-refractivity contribution in [1.29, 1.82) is 0 Å². The van der Waals surface area contributed by atoms with Gasteiger partial charge < -0.3 is 10.2 Å². The fourth-order valence-electron chi connectivity index (χ4n) is 2.30. The Balaban J connectivity index is 0.00000180. The van der Waals surface area contributed by atoms with Crippen LogP contribution in [-0.2, 0) is 11.3 Å². The first kappa shape index (κ1) is 16.0. The summed E-state index contributed by atoms with van der Waals surface area (Å²) >= 11 is 0. The highest BCUT2D eigenvalue weighted by atomic mass is 35.5. The maximum absolute atomic E-state index is 12.4. The number of nitrogens with zero attached hydrogens (tertiary/aromatic N) is 1. The minimum atomic E-state index is 0. The Morgan fingerprint density at radius 2 is 2.00 bits per heavy atom. The van der Waals surface area contributed by atoms with Crippen LogP contribution in [0.5, 0.6) is 0 Å². The Kier molecular flexibility index (Phi) is 6.32. The standard InChI is InChI=1S/C15H22N2O.ClH/c1-3-17(11-13-7-5-4-6-8-13)15(18)12(2)14-9-16-10-14;/h4-8,12,14,16H,3,9-11H2,1-2H3;1H. The molecule has 2 rings (SSSR count). The van der Waals surface area contributed by atoms with Gasteiger partial charge in [-0.2, -0.15) is 0 Å². The van der Waals surface area contributed by atoms with Crippen molar-refractivity contribution in [3.63, 3.8) is 0 Å². The summed E-state index contributed by atoms with van der Waals surface area (Å²) in [5.41, 5.74) is 1.20. The Bertz CT molecular complexity index is 392. The molecule has 1 atom stereocenters. The lowest BCUT2D eigenvalue weighted by Gasteiger charge is -2.34. The van der Waals surface area contributed by atoms with Gasteiger partial charge in [-0.1, -0.05) is 37.3 Å². The van der Waals surface area contributed by atoms with E-state index < -0.39 is 0 Å². The molecule has 1 aromatic carbocycles. The van der Waals surface area contributed by atoms with E-state index in [2.05, 4.69) is 24.4 Å². The van der Waals surface area contributed by atoms with Crippen molar-refractivity contribution in [2.24, 2.45) is 11.8 Å². The normalized spacial score (nSPS) is 16.1. The summed E-state index contributed by atoms with van der Waals surface area (Å²) in [6.07, 6.45) is 0. The molecule has 106 valence electrons. The Morgan fingerprint density at radius 1 is 1.37 bits per heavy atom. The molecule has 0 aromatic heterocycles. The van der Waals surface area contributed by atoms with E-state index in [4.69, 9.17) is 0 Å². The maximum Gasteiger partial charge on any atom is 0.226 e. The van der Waals surface area contributed by atoms with Crippen molar-refractivity contribution in [3.05, 3.63) is 35.9 Å². The minimum Gasteiger partial charge on any atom is -0.338 e. The van der Waals surface area contributed by atoms with Crippen LogP contribution < -0.4 is 5.32 Å². The SMILES string of the molecule is CCN(Cc1ccccc1)C(=O)C(C)C1CNC1.Cl. The molecule has 1 fully saturated rings. The molecular formula is C15H23ClN2O. The van der Waals surface area contributed by atoms with Crippen LogP contribution in [0.1, 0.15) is 19.4 Å². The predicted octanol–water partition coefficient (Wildman–Crippen LogP) is 2.31. The molecule has 1 heterocycles. The molecule has 1 saturated heterocycles. The van der Waals surface area contributed by atoms with E-state index in [1.165, 1.54) is 5.56 Å². The molecule has 0 radical (unpaired) electrons. The van der Waals surface area contributed by atoms with Gasteiger partial charge in [-0.25, -0.2) is 0 Å². The number of carbonyl (C=O) groups is 1. The molecular weight excluding hydrogens is 260 g/mol. The van der Waals surface area contributed by atoms with Crippen molar-refractivity contribution in [2.75, 3.05) is 19.6 Å². The summed E-state index contributed by atoms with van der Waals surface area (Å²) in [5, 5.41) is 3.23. The molecule has 3 nitrogen and oxygen atoms in total. The van der Waals surface area contributed by atoms with Gasteiger partial charge in [-0.3, -0.25) is 4.79 Å². The summed E-state index contributed by atoms with van der Waals surface area (Å²) in [6.45, 7) is 7.57. The molecule has 1 unspecified atom stereocenters. The van der Waals surface area contributed by atoms with E-state index in [9.17, 15) is 4.79 Å². The van der Waals surface area contributed by atoms with Gasteiger partial charge >= 0.3 is 0 Å². The van der Waals surface area contributed by atoms with Crippen molar-refractivity contribution < 1.29 is 4.79 Å². The smallest absolute Gasteiger partial charge is 0.226 e. The first-order valence-electron chi connectivity index (χ1n) is 6.75. The summed E-state index contributed by atoms with van der Waals surface area (Å²) in [6, 6.07) is 10.2. The zero-order chi connectivity index (χ0) is 13.0. The van der Waals surface area contributed by atoms with Crippen LogP contribution in [-0.4, -0.2) is 30.4 Å². The lowest BCUT2D eigenvalue weighted by molar-refractivity contribution is -0.137. The molecule has 0 saturated carbocycles. The highest BCUT2D eigenvalue weighted by molar-refractivity contribution is 5.85. The largest absolute Gasteiger partial charge is 0.338 e. The van der Waals surface area contributed by atoms with Gasteiger partial charge in [-0.15, -0.1) is 12.4 Å². The van der Waals surface area contributed by atoms with Gasteiger partial charge in [0, 0.05) is 19.0 Å². The number of halogens is 1. The molecule has 1 amide bonds. The average molecular weight is 283 g/mol. The highest BCUT2D eigenvalue weighted by Gasteiger charge is 2.31. The fraction of sp³-hybridized carbons (Fsp3) is 0.533. The van der Waals surface area contributed by atoms with Crippen LogP contribution in [0, 0.1) is 11.8 Å². The Labute approximate surface area is 121 Å². The summed E-state index contributed by atoms with van der Waals surface area (Å²) in [4.78, 5) is 14.4. The first-order valence-corrected chi connectivity index (χ1v) is 6.75. The number of hydrogen-bond acceptors (Lipinski definition) is 2. The monoisotopic (exact) mass is 282 g/mol. The molecule has 4 heteroatoms. The van der Waals surface area contributed by atoms with Crippen LogP contribution in [0.25, 0.3) is 0 Å². The number of hydrogen-bond donors (Lipinski definition) is 1. The van der Waals surface area contributed by atoms with E-state index in [0.29, 0.717) is 5.92 Å². The zero-order valence-corrected chi connectivity index (χ0v) is 12.5. The van der Waals surface area contributed by atoms with Crippen LogP contribution in [0.3, 0.4) is 0 Å². The molecule has 0 bridgehead atoms. The van der Waals surface area contributed by atoms with E-state index in [1.807, 2.05) is 30.0 Å². The van der Waals surface area contributed by atoms with E-state index >= 15 is 0 Å². The van der Waals surface area contributed by atoms with E-state index in [1.54, 1.807) is 0 Å². The first-order chi connectivity index (χ1) is 8.72. The highest BCUT2D eigenvalue weighted by Crippen LogP contribution is 2.19. The van der Waals surface area contributed by atoms with Gasteiger partial charge in [-0.05, 0) is 31.5 Å². The summed E-state index contributed by atoms with van der Waals surface area (Å²) in [5.74, 6) is 0.935. The maximum atomic E-state index is 12.4. The zero-order valence-electron chi connectivity index (χ0n) is 11.6. The quantitative estimate of drug-likeness (QED) is 0.899. The van der Waals surface area contributed by atoms with Gasteiger partial charge in [0.2, 0.25) is 5.91 Å². The minimum absolute atomic E-state index is 0. The topological polar surface area (TPSA) is 32.3 Å². The number of rotatable bonds is 5. The lowest BCUT2D eigenvalue weighted by Crippen LogP contribution is -2.50. The van der Waals surface area contributed by atoms with Gasteiger partial charge in [0.15, 0.2) is 0 Å². The second kappa shape index (κ2) is 7.51. The summed E-state index contributed by atoms with van der Waals surface area (Å²) < 4.78 is 0. The summed E-state index contributed by atoms with van der Waals surface area (Å²) in [7, 11) is 0. The molecule has 0 aliphatic carbocycles. The molecule has 1 N–H and O–H groups in total. The van der Waals surface area contributed by atoms with Crippen molar-refractivity contribution in [1.82, 2.24) is 10.2 Å². The molecule has 19 heavy (non-hydrogen) atoms. The second-order valence-corrected chi connectivity index (χ2v) is 5.05. The van der Waals surface area contributed by atoms with Gasteiger partial charge in [0.1, 0.15) is 0 Å². The van der Waals surface area contributed by atoms with Crippen LogP contribution in [0.4, 0.5) is 0 Å².